The van der Waals surface area contributed by atoms with Crippen LogP contribution in [0, 0.1) is 0 Å². The number of aliphatic imine (C=N–C) groups is 1. The molecule has 7 nitrogen and oxygen atoms in total. The summed E-state index contributed by atoms with van der Waals surface area (Å²) in [5.74, 6) is -1.30. The average Bonchev–Trinajstić information content (AvgIpc) is 2.38. The molecule has 0 aliphatic heterocycles. The van der Waals surface area contributed by atoms with Crippen molar-refractivity contribution in [3.8, 4) is 0 Å². The Balaban J connectivity index is 2.33. The van der Waals surface area contributed by atoms with E-state index in [0.29, 0.717) is 18.5 Å². The Kier molecular flexibility index (Phi) is 6.02. The minimum Gasteiger partial charge on any atom is -0.480 e. The molecule has 0 unspecified atom stereocenters. The molecule has 0 aliphatic carbocycles. The van der Waals surface area contributed by atoms with E-state index in [2.05, 4.69) is 10.3 Å². The Morgan fingerprint density at radius 1 is 1.20 bits per heavy atom. The molecule has 1 aromatic rings. The van der Waals surface area contributed by atoms with E-state index < -0.39 is 5.97 Å². The van der Waals surface area contributed by atoms with Crippen molar-refractivity contribution in [3.05, 3.63) is 29.8 Å². The number of rotatable bonds is 7. The molecule has 1 aromatic carbocycles. The predicted octanol–water partition coefficient (Wildman–Crippen LogP) is 0.115. The quantitative estimate of drug-likeness (QED) is 0.415. The highest BCUT2D eigenvalue weighted by Gasteiger charge is 2.03. The number of carbonyl (C=O) groups excluding carboxylic acids is 1. The third-order valence-corrected chi connectivity index (χ3v) is 2.50. The second kappa shape index (κ2) is 7.78. The van der Waals surface area contributed by atoms with Crippen LogP contribution < -0.4 is 16.8 Å². The molecule has 0 heterocycles. The van der Waals surface area contributed by atoms with Gasteiger partial charge in [-0.15, -0.1) is 0 Å². The second-order valence-corrected chi connectivity index (χ2v) is 4.23. The molecular weight excluding hydrogens is 260 g/mol. The standard InChI is InChI=1S/C13H18N4O3/c14-13(15)17-10-6-4-9(5-7-10)2-1-3-11(18)16-8-12(19)20/h4-7H,1-3,8H2,(H,16,18)(H,19,20)(H4,14,15,17). The van der Waals surface area contributed by atoms with Crippen molar-refractivity contribution in [1.82, 2.24) is 5.32 Å². The van der Waals surface area contributed by atoms with Crippen LogP contribution in [0.2, 0.25) is 0 Å². The van der Waals surface area contributed by atoms with Crippen LogP contribution in [-0.2, 0) is 16.0 Å². The summed E-state index contributed by atoms with van der Waals surface area (Å²) in [6, 6.07) is 7.35. The van der Waals surface area contributed by atoms with Gasteiger partial charge in [0.25, 0.3) is 0 Å². The first-order chi connectivity index (χ1) is 9.47. The van der Waals surface area contributed by atoms with Gasteiger partial charge >= 0.3 is 5.97 Å². The highest BCUT2D eigenvalue weighted by Crippen LogP contribution is 2.14. The normalized spacial score (nSPS) is 9.80. The van der Waals surface area contributed by atoms with E-state index in [9.17, 15) is 9.59 Å². The third-order valence-electron chi connectivity index (χ3n) is 2.50. The highest BCUT2D eigenvalue weighted by molar-refractivity contribution is 5.81. The first kappa shape index (κ1) is 15.5. The van der Waals surface area contributed by atoms with E-state index in [1.54, 1.807) is 12.1 Å². The molecule has 0 fully saturated rings. The van der Waals surface area contributed by atoms with Gasteiger partial charge < -0.3 is 21.9 Å². The number of guanidine groups is 1. The number of carboxylic acids is 1. The number of carbonyl (C=O) groups is 2. The summed E-state index contributed by atoms with van der Waals surface area (Å²) >= 11 is 0. The van der Waals surface area contributed by atoms with E-state index in [1.807, 2.05) is 12.1 Å². The Morgan fingerprint density at radius 3 is 2.40 bits per heavy atom. The average molecular weight is 278 g/mol. The fourth-order valence-electron chi connectivity index (χ4n) is 1.60. The minimum absolute atomic E-state index is 0.00727. The van der Waals surface area contributed by atoms with Crippen molar-refractivity contribution in [1.29, 1.82) is 0 Å². The maximum Gasteiger partial charge on any atom is 0.322 e. The lowest BCUT2D eigenvalue weighted by molar-refractivity contribution is -0.137. The van der Waals surface area contributed by atoms with Gasteiger partial charge in [0.1, 0.15) is 6.54 Å². The lowest BCUT2D eigenvalue weighted by Crippen LogP contribution is -2.28. The second-order valence-electron chi connectivity index (χ2n) is 4.23. The van der Waals surface area contributed by atoms with Crippen LogP contribution in [0.5, 0.6) is 0 Å². The Labute approximate surface area is 116 Å². The summed E-state index contributed by atoms with van der Waals surface area (Å²) in [4.78, 5) is 25.5. The lowest BCUT2D eigenvalue weighted by atomic mass is 10.1. The van der Waals surface area contributed by atoms with Crippen molar-refractivity contribution >= 4 is 23.5 Å². The topological polar surface area (TPSA) is 131 Å². The Hall–Kier alpha value is -2.57. The van der Waals surface area contributed by atoms with Crippen LogP contribution in [0.25, 0.3) is 0 Å². The first-order valence-electron chi connectivity index (χ1n) is 6.14. The molecule has 20 heavy (non-hydrogen) atoms. The minimum atomic E-state index is -1.05. The monoisotopic (exact) mass is 278 g/mol. The predicted molar refractivity (Wildman–Crippen MR) is 75.5 cm³/mol. The van der Waals surface area contributed by atoms with Gasteiger partial charge in [0.15, 0.2) is 5.96 Å². The summed E-state index contributed by atoms with van der Waals surface area (Å²) in [5.41, 5.74) is 12.3. The summed E-state index contributed by atoms with van der Waals surface area (Å²) in [6.45, 7) is -0.341. The number of hydrogen-bond acceptors (Lipinski definition) is 3. The zero-order valence-electron chi connectivity index (χ0n) is 11.0. The molecule has 0 saturated carbocycles. The van der Waals surface area contributed by atoms with Crippen LogP contribution in [0.1, 0.15) is 18.4 Å². The molecule has 108 valence electrons. The summed E-state index contributed by atoms with van der Waals surface area (Å²) in [7, 11) is 0. The molecule has 0 aromatic heterocycles. The fourth-order valence-corrected chi connectivity index (χ4v) is 1.60. The maximum absolute atomic E-state index is 11.3. The number of nitrogens with two attached hydrogens (primary N) is 2. The molecule has 0 bridgehead atoms. The smallest absolute Gasteiger partial charge is 0.322 e. The number of nitrogens with zero attached hydrogens (tertiary/aromatic N) is 1. The first-order valence-corrected chi connectivity index (χ1v) is 6.14. The number of nitrogens with one attached hydrogen (secondary N) is 1. The molecule has 7 heteroatoms. The molecule has 6 N–H and O–H groups in total. The Morgan fingerprint density at radius 2 is 1.85 bits per heavy atom. The highest BCUT2D eigenvalue weighted by atomic mass is 16.4. The summed E-state index contributed by atoms with van der Waals surface area (Å²) in [5, 5.41) is 10.7. The van der Waals surface area contributed by atoms with Gasteiger partial charge in [0.05, 0.1) is 5.69 Å². The van der Waals surface area contributed by atoms with Crippen LogP contribution in [0.15, 0.2) is 29.3 Å². The van der Waals surface area contributed by atoms with Crippen molar-refractivity contribution in [2.45, 2.75) is 19.3 Å². The number of hydrogen-bond donors (Lipinski definition) is 4. The van der Waals surface area contributed by atoms with Crippen molar-refractivity contribution in [2.24, 2.45) is 16.5 Å². The third kappa shape index (κ3) is 6.39. The van der Waals surface area contributed by atoms with Crippen molar-refractivity contribution in [2.75, 3.05) is 6.54 Å². The van der Waals surface area contributed by atoms with Gasteiger partial charge in [0, 0.05) is 6.42 Å². The van der Waals surface area contributed by atoms with Gasteiger partial charge in [-0.2, -0.15) is 0 Å². The summed E-state index contributed by atoms with van der Waals surface area (Å²) in [6.07, 6.45) is 1.67. The van der Waals surface area contributed by atoms with Crippen molar-refractivity contribution < 1.29 is 14.7 Å². The number of aliphatic carboxylic acids is 1. The fraction of sp³-hybridized carbons (Fsp3) is 0.308. The zero-order valence-corrected chi connectivity index (χ0v) is 11.0. The van der Waals surface area contributed by atoms with Gasteiger partial charge in [-0.3, -0.25) is 9.59 Å². The van der Waals surface area contributed by atoms with Crippen LogP contribution in [0.4, 0.5) is 5.69 Å². The van der Waals surface area contributed by atoms with Crippen LogP contribution in [0.3, 0.4) is 0 Å². The van der Waals surface area contributed by atoms with E-state index in [-0.39, 0.29) is 18.4 Å². The van der Waals surface area contributed by atoms with E-state index in [1.165, 1.54) is 0 Å². The van der Waals surface area contributed by atoms with Crippen LogP contribution >= 0.6 is 0 Å². The largest absolute Gasteiger partial charge is 0.480 e. The molecule has 1 amide bonds. The van der Waals surface area contributed by atoms with Crippen molar-refractivity contribution in [3.63, 3.8) is 0 Å². The molecule has 0 spiro atoms. The SMILES string of the molecule is NC(N)=Nc1ccc(CCCC(=O)NCC(=O)O)cc1. The molecule has 0 saturated heterocycles. The van der Waals surface area contributed by atoms with Gasteiger partial charge in [-0.1, -0.05) is 12.1 Å². The van der Waals surface area contributed by atoms with Crippen LogP contribution in [-0.4, -0.2) is 29.5 Å². The van der Waals surface area contributed by atoms with E-state index >= 15 is 0 Å². The molecule has 1 rings (SSSR count). The molecule has 0 atom stereocenters. The molecule has 0 aliphatic rings. The molecular formula is C13H18N4O3. The van der Waals surface area contributed by atoms with Gasteiger partial charge in [0.2, 0.25) is 5.91 Å². The summed E-state index contributed by atoms with van der Waals surface area (Å²) < 4.78 is 0. The number of aryl methyl sites for hydroxylation is 1. The number of amides is 1. The van der Waals surface area contributed by atoms with Gasteiger partial charge in [-0.25, -0.2) is 4.99 Å². The Bertz CT molecular complexity index is 493. The number of carboxylic acid groups (broad SMARTS) is 1. The van der Waals surface area contributed by atoms with E-state index in [0.717, 1.165) is 12.0 Å². The van der Waals surface area contributed by atoms with Gasteiger partial charge in [-0.05, 0) is 30.5 Å². The molecule has 0 radical (unpaired) electrons. The lowest BCUT2D eigenvalue weighted by Gasteiger charge is -2.03. The number of benzene rings is 1. The maximum atomic E-state index is 11.3. The zero-order chi connectivity index (χ0) is 15.0. The van der Waals surface area contributed by atoms with E-state index in [4.69, 9.17) is 16.6 Å².